The summed E-state index contributed by atoms with van der Waals surface area (Å²) in [6, 6.07) is 19.4. The van der Waals surface area contributed by atoms with Crippen LogP contribution in [0.4, 0.5) is 11.4 Å². The maximum Gasteiger partial charge on any atom is 0.0857 e. The minimum atomic E-state index is 0.872. The van der Waals surface area contributed by atoms with Gasteiger partial charge in [-0.05, 0) is 24.3 Å². The van der Waals surface area contributed by atoms with Crippen LogP contribution in [0, 0.1) is 0 Å². The van der Waals surface area contributed by atoms with Crippen molar-refractivity contribution in [1.82, 2.24) is 0 Å². The van der Waals surface area contributed by atoms with Gasteiger partial charge in [-0.25, -0.2) is 0 Å². The number of hydrogen-bond acceptors (Lipinski definition) is 2. The van der Waals surface area contributed by atoms with Gasteiger partial charge < -0.3 is 0 Å². The molecule has 2 heteroatoms. The Morgan fingerprint density at radius 2 is 0.857 bits per heavy atom. The van der Waals surface area contributed by atoms with E-state index in [0.717, 1.165) is 11.4 Å². The number of hydrogen-bond donors (Lipinski definition) is 0. The molecule has 0 spiro atoms. The van der Waals surface area contributed by atoms with Crippen LogP contribution in [0.5, 0.6) is 0 Å². The van der Waals surface area contributed by atoms with Crippen molar-refractivity contribution in [3.8, 4) is 0 Å². The van der Waals surface area contributed by atoms with Gasteiger partial charge >= 0.3 is 0 Å². The van der Waals surface area contributed by atoms with Crippen molar-refractivity contribution in [3.63, 3.8) is 0 Å². The van der Waals surface area contributed by atoms with Crippen LogP contribution in [0.1, 0.15) is 0 Å². The third-order valence-corrected chi connectivity index (χ3v) is 1.79. The van der Waals surface area contributed by atoms with Gasteiger partial charge in [-0.1, -0.05) is 36.4 Å². The van der Waals surface area contributed by atoms with E-state index in [9.17, 15) is 0 Å². The summed E-state index contributed by atoms with van der Waals surface area (Å²) in [6.07, 6.45) is 0. The molecule has 0 heterocycles. The van der Waals surface area contributed by atoms with E-state index in [2.05, 4.69) is 10.2 Å². The van der Waals surface area contributed by atoms with Gasteiger partial charge in [0.2, 0.25) is 0 Å². The summed E-state index contributed by atoms with van der Waals surface area (Å²) in [5, 5.41) is 8.20. The average Bonchev–Trinajstić information content (AvgIpc) is 2.29. The second-order valence-corrected chi connectivity index (χ2v) is 2.87. The van der Waals surface area contributed by atoms with Crippen molar-refractivity contribution in [2.75, 3.05) is 0 Å². The molecular formula is C12H10N2. The van der Waals surface area contributed by atoms with Crippen LogP contribution in [-0.4, -0.2) is 0 Å². The summed E-state index contributed by atoms with van der Waals surface area (Å²) < 4.78 is 0. The van der Waals surface area contributed by atoms with Crippen LogP contribution >= 0.6 is 0 Å². The maximum atomic E-state index is 4.10. The van der Waals surface area contributed by atoms with Gasteiger partial charge in [0.25, 0.3) is 0 Å². The highest BCUT2D eigenvalue weighted by molar-refractivity contribution is 5.39. The highest BCUT2D eigenvalue weighted by atomic mass is 15.1. The smallest absolute Gasteiger partial charge is 0.0857 e. The monoisotopic (exact) mass is 184 g/mol. The molecule has 0 aliphatic carbocycles. The predicted molar refractivity (Wildman–Crippen MR) is 57.1 cm³/mol. The van der Waals surface area contributed by atoms with Crippen LogP contribution in [0.25, 0.3) is 0 Å². The summed E-state index contributed by atoms with van der Waals surface area (Å²) >= 11 is 0. The standard InChI is InChI=1S/C12H10N2/c1-3-7-11(8-4-1)13-14-12-9-5-2-6-10-12/h1-10H/i7+1,9+1. The van der Waals surface area contributed by atoms with Crippen molar-refractivity contribution in [3.05, 3.63) is 60.7 Å². The Labute approximate surface area is 82.9 Å². The minimum absolute atomic E-state index is 0.872. The van der Waals surface area contributed by atoms with Crippen LogP contribution in [0.2, 0.25) is 0 Å². The quantitative estimate of drug-likeness (QED) is 0.627. The average molecular weight is 184 g/mol. The molecule has 0 aliphatic rings. The van der Waals surface area contributed by atoms with Crippen LogP contribution < -0.4 is 0 Å². The van der Waals surface area contributed by atoms with E-state index in [1.165, 1.54) is 0 Å². The maximum absolute atomic E-state index is 4.10. The molecule has 0 atom stereocenters. The van der Waals surface area contributed by atoms with Gasteiger partial charge in [-0.3, -0.25) is 0 Å². The number of nitrogens with zero attached hydrogens (tertiary/aromatic N) is 2. The van der Waals surface area contributed by atoms with E-state index in [4.69, 9.17) is 0 Å². The lowest BCUT2D eigenvalue weighted by Gasteiger charge is -1.91. The lowest BCUT2D eigenvalue weighted by atomic mass is 10.4. The van der Waals surface area contributed by atoms with E-state index in [0.29, 0.717) is 0 Å². The van der Waals surface area contributed by atoms with Gasteiger partial charge in [-0.2, -0.15) is 10.2 Å². The Morgan fingerprint density at radius 1 is 0.500 bits per heavy atom. The zero-order chi connectivity index (χ0) is 9.64. The summed E-state index contributed by atoms with van der Waals surface area (Å²) in [5.41, 5.74) is 1.74. The van der Waals surface area contributed by atoms with E-state index in [-0.39, 0.29) is 0 Å². The molecule has 2 aromatic carbocycles. The second-order valence-electron chi connectivity index (χ2n) is 2.87. The molecule has 0 aliphatic heterocycles. The third-order valence-electron chi connectivity index (χ3n) is 1.79. The predicted octanol–water partition coefficient (Wildman–Crippen LogP) is 4.10. The Balaban J connectivity index is 2.16. The van der Waals surface area contributed by atoms with Gasteiger partial charge in [0.1, 0.15) is 0 Å². The van der Waals surface area contributed by atoms with E-state index in [1.807, 2.05) is 60.7 Å². The fourth-order valence-electron chi connectivity index (χ4n) is 1.10. The van der Waals surface area contributed by atoms with Gasteiger partial charge in [0.15, 0.2) is 0 Å². The van der Waals surface area contributed by atoms with Crippen LogP contribution in [0.3, 0.4) is 0 Å². The molecule has 14 heavy (non-hydrogen) atoms. The zero-order valence-electron chi connectivity index (χ0n) is 7.67. The molecule has 68 valence electrons. The summed E-state index contributed by atoms with van der Waals surface area (Å²) in [6.45, 7) is 0. The van der Waals surface area contributed by atoms with E-state index in [1.54, 1.807) is 0 Å². The highest BCUT2D eigenvalue weighted by Gasteiger charge is 1.86. The molecule has 0 unspecified atom stereocenters. The van der Waals surface area contributed by atoms with Gasteiger partial charge in [-0.15, -0.1) is 0 Å². The fourth-order valence-corrected chi connectivity index (χ4v) is 1.10. The molecule has 0 radical (unpaired) electrons. The molecule has 0 saturated carbocycles. The summed E-state index contributed by atoms with van der Waals surface area (Å²) in [7, 11) is 0. The topological polar surface area (TPSA) is 24.7 Å². The number of benzene rings is 2. The molecule has 0 N–H and O–H groups in total. The first-order valence-electron chi connectivity index (χ1n) is 4.47. The first kappa shape index (κ1) is 8.63. The van der Waals surface area contributed by atoms with Crippen molar-refractivity contribution < 1.29 is 0 Å². The van der Waals surface area contributed by atoms with Crippen LogP contribution in [0.15, 0.2) is 70.9 Å². The first-order valence-corrected chi connectivity index (χ1v) is 4.47. The molecule has 2 nitrogen and oxygen atoms in total. The first-order chi connectivity index (χ1) is 6.95. The van der Waals surface area contributed by atoms with Crippen molar-refractivity contribution in [2.45, 2.75) is 0 Å². The third kappa shape index (κ3) is 2.26. The zero-order valence-corrected chi connectivity index (χ0v) is 7.67. The van der Waals surface area contributed by atoms with Crippen LogP contribution in [-0.2, 0) is 0 Å². The Morgan fingerprint density at radius 3 is 1.21 bits per heavy atom. The molecule has 0 aromatic heterocycles. The Kier molecular flexibility index (Phi) is 2.67. The molecule has 0 bridgehead atoms. The Bertz CT molecular complexity index is 365. The lowest BCUT2D eigenvalue weighted by Crippen LogP contribution is -1.62. The van der Waals surface area contributed by atoms with Gasteiger partial charge in [0, 0.05) is 0 Å². The number of rotatable bonds is 2. The molecule has 0 saturated heterocycles. The van der Waals surface area contributed by atoms with Crippen molar-refractivity contribution >= 4 is 11.4 Å². The summed E-state index contributed by atoms with van der Waals surface area (Å²) in [4.78, 5) is 0. The molecule has 0 amide bonds. The van der Waals surface area contributed by atoms with E-state index < -0.39 is 0 Å². The second kappa shape index (κ2) is 4.33. The molecule has 2 rings (SSSR count). The van der Waals surface area contributed by atoms with Crippen molar-refractivity contribution in [2.24, 2.45) is 10.2 Å². The fraction of sp³-hybridized carbons (Fsp3) is 0. The molecule has 0 fully saturated rings. The SMILES string of the molecule is c1ccc(N=Nc2cccc[13cH]2)[13cH]c1. The summed E-state index contributed by atoms with van der Waals surface area (Å²) in [5.74, 6) is 0. The minimum Gasteiger partial charge on any atom is -0.151 e. The largest absolute Gasteiger partial charge is 0.151 e. The number of azo groups is 1. The Hall–Kier alpha value is -1.96. The van der Waals surface area contributed by atoms with E-state index >= 15 is 0 Å². The lowest BCUT2D eigenvalue weighted by molar-refractivity contribution is 1.23. The molecular weight excluding hydrogens is 174 g/mol. The normalized spacial score (nSPS) is 10.6. The van der Waals surface area contributed by atoms with Crippen molar-refractivity contribution in [1.29, 1.82) is 0 Å². The highest BCUT2D eigenvalue weighted by Crippen LogP contribution is 2.16. The molecule has 2 aromatic rings. The van der Waals surface area contributed by atoms with Gasteiger partial charge in [0.05, 0.1) is 11.4 Å².